The van der Waals surface area contributed by atoms with E-state index in [2.05, 4.69) is 157 Å². The largest absolute Gasteiger partial charge is 0.336 e. The molecule has 0 saturated carbocycles. The van der Waals surface area contributed by atoms with Gasteiger partial charge in [-0.1, -0.05) is 133 Å². The van der Waals surface area contributed by atoms with E-state index in [1.807, 2.05) is 0 Å². The highest BCUT2D eigenvalue weighted by Gasteiger charge is 2.48. The molecule has 184 valence electrons. The highest BCUT2D eigenvalue weighted by Crippen LogP contribution is 2.43. The number of hydrogen-bond donors (Lipinski definition) is 0. The maximum absolute atomic E-state index is 2.52. The van der Waals surface area contributed by atoms with E-state index in [0.29, 0.717) is 0 Å². The average molecular weight is 514 g/mol. The second kappa shape index (κ2) is 8.69. The van der Waals surface area contributed by atoms with Crippen LogP contribution in [0.1, 0.15) is 5.56 Å². The van der Waals surface area contributed by atoms with Crippen LogP contribution in [0.3, 0.4) is 0 Å². The molecule has 6 aromatic carbocycles. The zero-order chi connectivity index (χ0) is 25.8. The van der Waals surface area contributed by atoms with Gasteiger partial charge in [0.05, 0.1) is 0 Å². The average Bonchev–Trinajstić information content (AvgIpc) is 3.32. The van der Waals surface area contributed by atoms with Gasteiger partial charge >= 0.3 is 0 Å². The van der Waals surface area contributed by atoms with Crippen molar-refractivity contribution in [3.05, 3.63) is 157 Å². The number of para-hydroxylation sites is 1. The lowest BCUT2D eigenvalue weighted by molar-refractivity contribution is 0.962. The third kappa shape index (κ3) is 3.19. The minimum Gasteiger partial charge on any atom is -0.336 e. The summed E-state index contributed by atoms with van der Waals surface area (Å²) in [6.45, 7) is 0.865. The molecule has 2 aliphatic rings. The fourth-order valence-electron chi connectivity index (χ4n) is 6.94. The predicted molar refractivity (Wildman–Crippen MR) is 167 cm³/mol. The van der Waals surface area contributed by atoms with Crippen molar-refractivity contribution < 1.29 is 0 Å². The lowest BCUT2D eigenvalue weighted by Gasteiger charge is -2.35. The standard InChI is InChI=1S/C37H27NSi/c1-3-14-29(15-4-1)39(30-16-5-2-6-17-30)36-22-12-10-20-33(36)34-24-23-28(25-37(34)39)38-26-27-13-7-8-18-31(27)32-19-9-11-21-35(32)38/h1-25H,26H2. The topological polar surface area (TPSA) is 3.24 Å². The summed E-state index contributed by atoms with van der Waals surface area (Å²) in [5.41, 5.74) is 9.30. The van der Waals surface area contributed by atoms with Gasteiger partial charge < -0.3 is 4.90 Å². The van der Waals surface area contributed by atoms with Gasteiger partial charge in [-0.3, -0.25) is 0 Å². The quantitative estimate of drug-likeness (QED) is 0.249. The van der Waals surface area contributed by atoms with Crippen LogP contribution in [0.2, 0.25) is 0 Å². The van der Waals surface area contributed by atoms with Gasteiger partial charge in [0.25, 0.3) is 0 Å². The fourth-order valence-corrected chi connectivity index (χ4v) is 12.2. The van der Waals surface area contributed by atoms with Crippen LogP contribution >= 0.6 is 0 Å². The third-order valence-corrected chi connectivity index (χ3v) is 13.4. The Morgan fingerprint density at radius 3 is 1.74 bits per heavy atom. The molecule has 0 unspecified atom stereocenters. The van der Waals surface area contributed by atoms with Gasteiger partial charge in [0.15, 0.2) is 8.07 Å². The Morgan fingerprint density at radius 1 is 0.436 bits per heavy atom. The number of anilines is 2. The van der Waals surface area contributed by atoms with Gasteiger partial charge in [0, 0.05) is 23.5 Å². The molecule has 8 rings (SSSR count). The molecular formula is C37H27NSi. The lowest BCUT2D eigenvalue weighted by Crippen LogP contribution is -2.72. The number of nitrogens with zero attached hydrogens (tertiary/aromatic N) is 1. The summed E-state index contributed by atoms with van der Waals surface area (Å²) in [4.78, 5) is 2.51. The third-order valence-electron chi connectivity index (χ3n) is 8.58. The van der Waals surface area contributed by atoms with E-state index in [1.54, 1.807) is 0 Å². The molecule has 2 heterocycles. The van der Waals surface area contributed by atoms with Crippen molar-refractivity contribution in [3.63, 3.8) is 0 Å². The van der Waals surface area contributed by atoms with E-state index in [1.165, 1.54) is 59.9 Å². The molecule has 0 amide bonds. The molecule has 0 saturated heterocycles. The van der Waals surface area contributed by atoms with Crippen molar-refractivity contribution in [1.82, 2.24) is 0 Å². The van der Waals surface area contributed by atoms with Crippen LogP contribution in [0.25, 0.3) is 22.3 Å². The van der Waals surface area contributed by atoms with Crippen LogP contribution in [0.4, 0.5) is 11.4 Å². The lowest BCUT2D eigenvalue weighted by atomic mass is 9.93. The molecule has 0 aliphatic carbocycles. The Labute approximate surface area is 230 Å². The molecular weight excluding hydrogens is 487 g/mol. The molecule has 0 fully saturated rings. The first-order valence-electron chi connectivity index (χ1n) is 13.7. The van der Waals surface area contributed by atoms with Crippen molar-refractivity contribution in [2.45, 2.75) is 6.54 Å². The van der Waals surface area contributed by atoms with Crippen LogP contribution in [0.15, 0.2) is 152 Å². The molecule has 0 atom stereocenters. The van der Waals surface area contributed by atoms with Crippen LogP contribution in [-0.4, -0.2) is 8.07 Å². The summed E-state index contributed by atoms with van der Waals surface area (Å²) in [6.07, 6.45) is 0. The van der Waals surface area contributed by atoms with Crippen molar-refractivity contribution in [2.75, 3.05) is 4.90 Å². The minimum atomic E-state index is -2.51. The van der Waals surface area contributed by atoms with E-state index < -0.39 is 8.07 Å². The number of hydrogen-bond acceptors (Lipinski definition) is 1. The second-order valence-electron chi connectivity index (χ2n) is 10.5. The Balaban J connectivity index is 1.41. The second-order valence-corrected chi connectivity index (χ2v) is 14.3. The summed E-state index contributed by atoms with van der Waals surface area (Å²) >= 11 is 0. The molecule has 1 nitrogen and oxygen atoms in total. The van der Waals surface area contributed by atoms with Gasteiger partial charge in [-0.25, -0.2) is 0 Å². The van der Waals surface area contributed by atoms with Crippen molar-refractivity contribution in [1.29, 1.82) is 0 Å². The van der Waals surface area contributed by atoms with E-state index in [-0.39, 0.29) is 0 Å². The molecule has 6 aromatic rings. The Kier molecular flexibility index (Phi) is 4.98. The first-order valence-corrected chi connectivity index (χ1v) is 15.7. The van der Waals surface area contributed by atoms with Gasteiger partial charge in [0.2, 0.25) is 0 Å². The fraction of sp³-hybridized carbons (Fsp3) is 0.0270. The molecule has 39 heavy (non-hydrogen) atoms. The zero-order valence-electron chi connectivity index (χ0n) is 21.6. The monoisotopic (exact) mass is 513 g/mol. The molecule has 0 bridgehead atoms. The van der Waals surface area contributed by atoms with Crippen molar-refractivity contribution in [3.8, 4) is 22.3 Å². The van der Waals surface area contributed by atoms with Crippen LogP contribution in [-0.2, 0) is 6.54 Å². The first-order chi connectivity index (χ1) is 19.4. The summed E-state index contributed by atoms with van der Waals surface area (Å²) in [6, 6.07) is 56.5. The van der Waals surface area contributed by atoms with Crippen molar-refractivity contribution in [2.24, 2.45) is 0 Å². The predicted octanol–water partition coefficient (Wildman–Crippen LogP) is 6.36. The number of benzene rings is 6. The number of fused-ring (bicyclic) bond motifs is 6. The summed E-state index contributed by atoms with van der Waals surface area (Å²) in [5, 5.41) is 5.83. The minimum absolute atomic E-state index is 0.865. The Morgan fingerprint density at radius 2 is 1.00 bits per heavy atom. The SMILES string of the molecule is c1ccc([Si]2(c3ccccc3)c3ccccc3-c3ccc(N4Cc5ccccc5-c5ccccc54)cc32)cc1. The maximum atomic E-state index is 2.52. The molecule has 0 spiro atoms. The van der Waals surface area contributed by atoms with E-state index in [0.717, 1.165) is 6.54 Å². The van der Waals surface area contributed by atoms with Crippen LogP contribution < -0.4 is 25.6 Å². The normalized spacial score (nSPS) is 14.2. The van der Waals surface area contributed by atoms with Gasteiger partial charge in [-0.15, -0.1) is 0 Å². The van der Waals surface area contributed by atoms with Gasteiger partial charge in [-0.05, 0) is 61.2 Å². The molecule has 0 radical (unpaired) electrons. The summed E-state index contributed by atoms with van der Waals surface area (Å²) in [5.74, 6) is 0. The highest BCUT2D eigenvalue weighted by molar-refractivity contribution is 7.22. The summed E-state index contributed by atoms with van der Waals surface area (Å²) < 4.78 is 0. The van der Waals surface area contributed by atoms with E-state index in [9.17, 15) is 0 Å². The zero-order valence-corrected chi connectivity index (χ0v) is 22.6. The summed E-state index contributed by atoms with van der Waals surface area (Å²) in [7, 11) is -2.51. The van der Waals surface area contributed by atoms with E-state index >= 15 is 0 Å². The van der Waals surface area contributed by atoms with E-state index in [4.69, 9.17) is 0 Å². The van der Waals surface area contributed by atoms with Crippen molar-refractivity contribution >= 4 is 40.2 Å². The van der Waals surface area contributed by atoms with Gasteiger partial charge in [-0.2, -0.15) is 0 Å². The van der Waals surface area contributed by atoms with Crippen LogP contribution in [0.5, 0.6) is 0 Å². The van der Waals surface area contributed by atoms with Gasteiger partial charge in [0.1, 0.15) is 0 Å². The molecule has 0 N–H and O–H groups in total. The Bertz CT molecular complexity index is 1800. The maximum Gasteiger partial charge on any atom is 0.180 e. The highest BCUT2D eigenvalue weighted by atomic mass is 28.3. The smallest absolute Gasteiger partial charge is 0.180 e. The van der Waals surface area contributed by atoms with Crippen LogP contribution in [0, 0.1) is 0 Å². The molecule has 2 heteroatoms. The molecule has 0 aromatic heterocycles. The number of rotatable bonds is 3. The first kappa shape index (κ1) is 22.3. The molecule has 2 aliphatic heterocycles. The Hall–Kier alpha value is -4.66.